The highest BCUT2D eigenvalue weighted by Gasteiger charge is 2.25. The van der Waals surface area contributed by atoms with Gasteiger partial charge in [0.15, 0.2) is 0 Å². The van der Waals surface area contributed by atoms with Crippen LogP contribution in [-0.4, -0.2) is 8.97 Å². The van der Waals surface area contributed by atoms with Gasteiger partial charge in [-0.2, -0.15) is 0 Å². The molecule has 0 aliphatic heterocycles. The van der Waals surface area contributed by atoms with Crippen molar-refractivity contribution in [2.75, 3.05) is 0 Å². The Bertz CT molecular complexity index is 3340. The Morgan fingerprint density at radius 2 is 0.875 bits per heavy atom. The Kier molecular flexibility index (Phi) is 4.49. The number of hydrogen-bond donors (Lipinski definition) is 0. The first-order valence-electron chi connectivity index (χ1n) is 16.7. The number of rotatable bonds is 1. The predicted molar refractivity (Wildman–Crippen MR) is 205 cm³/mol. The van der Waals surface area contributed by atoms with Gasteiger partial charge in [-0.3, -0.25) is 0 Å². The zero-order valence-electron chi connectivity index (χ0n) is 25.9. The predicted octanol–water partition coefficient (Wildman–Crippen LogP) is 12.5. The van der Waals surface area contributed by atoms with E-state index in [1.165, 1.54) is 109 Å². The summed E-state index contributed by atoms with van der Waals surface area (Å²) in [6.45, 7) is 0. The van der Waals surface area contributed by atoms with Crippen molar-refractivity contribution in [3.8, 4) is 5.69 Å². The molecule has 48 heavy (non-hydrogen) atoms. The van der Waals surface area contributed by atoms with Crippen molar-refractivity contribution in [1.82, 2.24) is 8.97 Å². The second-order valence-electron chi connectivity index (χ2n) is 13.3. The maximum absolute atomic E-state index is 2.54. The molecule has 9 aromatic carbocycles. The van der Waals surface area contributed by atoms with Gasteiger partial charge < -0.3 is 8.97 Å². The maximum atomic E-state index is 2.54. The SMILES string of the molecule is c1ccc2cc3c(cc2c1)c1c2c4cccc5c6ccccc6n(c54)c2c2ccccc2c1n3-c1ccc2c(ccc3ccccc32)c1. The molecule has 0 unspecified atom stereocenters. The van der Waals surface area contributed by atoms with Gasteiger partial charge in [0.1, 0.15) is 0 Å². The molecule has 12 aromatic rings. The van der Waals surface area contributed by atoms with Crippen LogP contribution >= 0.6 is 0 Å². The summed E-state index contributed by atoms with van der Waals surface area (Å²) in [6, 6.07) is 58.7. The molecular formula is C46H26N2. The van der Waals surface area contributed by atoms with E-state index in [0.717, 1.165) is 0 Å². The van der Waals surface area contributed by atoms with Crippen molar-refractivity contribution in [3.05, 3.63) is 158 Å². The van der Waals surface area contributed by atoms with Crippen LogP contribution in [0, 0.1) is 0 Å². The Hall–Kier alpha value is -6.38. The fraction of sp³-hybridized carbons (Fsp3) is 0. The monoisotopic (exact) mass is 606 g/mol. The van der Waals surface area contributed by atoms with Crippen molar-refractivity contribution < 1.29 is 0 Å². The first-order chi connectivity index (χ1) is 23.8. The summed E-state index contributed by atoms with van der Waals surface area (Å²) in [6.07, 6.45) is 0. The van der Waals surface area contributed by atoms with Crippen LogP contribution in [0.4, 0.5) is 0 Å². The van der Waals surface area contributed by atoms with E-state index < -0.39 is 0 Å². The van der Waals surface area contributed by atoms with E-state index in [4.69, 9.17) is 0 Å². The molecule has 0 saturated carbocycles. The summed E-state index contributed by atoms with van der Waals surface area (Å²) in [5.74, 6) is 0. The van der Waals surface area contributed by atoms with E-state index in [1.54, 1.807) is 0 Å². The fourth-order valence-electron chi connectivity index (χ4n) is 8.99. The van der Waals surface area contributed by atoms with Crippen LogP contribution in [0.5, 0.6) is 0 Å². The third-order valence-corrected chi connectivity index (χ3v) is 10.9. The van der Waals surface area contributed by atoms with Crippen molar-refractivity contribution in [2.45, 2.75) is 0 Å². The molecule has 0 aliphatic carbocycles. The van der Waals surface area contributed by atoms with E-state index in [-0.39, 0.29) is 0 Å². The molecule has 0 amide bonds. The van der Waals surface area contributed by atoms with Crippen molar-refractivity contribution in [2.24, 2.45) is 0 Å². The molecule has 3 heterocycles. The molecule has 0 aliphatic rings. The minimum absolute atomic E-state index is 1.18. The summed E-state index contributed by atoms with van der Waals surface area (Å²) in [5, 5.41) is 18.0. The lowest BCUT2D eigenvalue weighted by Crippen LogP contribution is -1.95. The van der Waals surface area contributed by atoms with E-state index in [0.29, 0.717) is 0 Å². The molecular weight excluding hydrogens is 581 g/mol. The molecule has 3 aromatic heterocycles. The molecule has 0 spiro atoms. The molecule has 0 bridgehead atoms. The second-order valence-corrected chi connectivity index (χ2v) is 13.3. The van der Waals surface area contributed by atoms with Crippen molar-refractivity contribution >= 4 is 103 Å². The fourth-order valence-corrected chi connectivity index (χ4v) is 8.99. The van der Waals surface area contributed by atoms with Crippen LogP contribution in [0.1, 0.15) is 0 Å². The normalized spacial score (nSPS) is 12.6. The minimum Gasteiger partial charge on any atom is -0.309 e. The van der Waals surface area contributed by atoms with Crippen LogP contribution in [0.15, 0.2) is 158 Å². The first-order valence-corrected chi connectivity index (χ1v) is 16.7. The van der Waals surface area contributed by atoms with E-state index in [1.807, 2.05) is 0 Å². The Morgan fingerprint density at radius 3 is 1.73 bits per heavy atom. The molecule has 0 fully saturated rings. The number of para-hydroxylation sites is 2. The Morgan fingerprint density at radius 1 is 0.292 bits per heavy atom. The van der Waals surface area contributed by atoms with Gasteiger partial charge in [0, 0.05) is 48.8 Å². The standard InChI is InChI=1S/C46H26N2/c1-2-12-29-26-41-39(25-28(29)11-1)43-42-38-18-9-17-35-34-14-7-8-19-40(34)48(44(35)38)46(42)37-16-6-5-15-36(37)45(43)47(41)31-22-23-33-30(24-31)21-20-27-10-3-4-13-32(27)33/h1-26H. The lowest BCUT2D eigenvalue weighted by molar-refractivity contribution is 1.19. The summed E-state index contributed by atoms with van der Waals surface area (Å²) >= 11 is 0. The summed E-state index contributed by atoms with van der Waals surface area (Å²) in [4.78, 5) is 0. The highest BCUT2D eigenvalue weighted by molar-refractivity contribution is 6.40. The maximum Gasteiger partial charge on any atom is 0.0627 e. The molecule has 0 N–H and O–H groups in total. The van der Waals surface area contributed by atoms with Gasteiger partial charge in [0.25, 0.3) is 0 Å². The van der Waals surface area contributed by atoms with Gasteiger partial charge in [-0.05, 0) is 62.6 Å². The van der Waals surface area contributed by atoms with Crippen molar-refractivity contribution in [3.63, 3.8) is 0 Å². The van der Waals surface area contributed by atoms with E-state index in [9.17, 15) is 0 Å². The molecule has 0 radical (unpaired) electrons. The number of benzene rings is 9. The van der Waals surface area contributed by atoms with Gasteiger partial charge in [0.05, 0.1) is 27.6 Å². The first kappa shape index (κ1) is 24.8. The number of hydrogen-bond acceptors (Lipinski definition) is 0. The number of fused-ring (bicyclic) bond motifs is 17. The van der Waals surface area contributed by atoms with Gasteiger partial charge >= 0.3 is 0 Å². The number of nitrogens with zero attached hydrogens (tertiary/aromatic N) is 2. The van der Waals surface area contributed by atoms with Crippen LogP contribution in [-0.2, 0) is 0 Å². The van der Waals surface area contributed by atoms with Gasteiger partial charge in [-0.25, -0.2) is 0 Å². The third kappa shape index (κ3) is 2.95. The minimum atomic E-state index is 1.18. The molecule has 12 rings (SSSR count). The Balaban J connectivity index is 1.36. The zero-order chi connectivity index (χ0) is 31.1. The van der Waals surface area contributed by atoms with Gasteiger partial charge in [-0.1, -0.05) is 127 Å². The number of aromatic nitrogens is 2. The quantitative estimate of drug-likeness (QED) is 0.164. The average molecular weight is 607 g/mol. The topological polar surface area (TPSA) is 9.34 Å². The molecule has 220 valence electrons. The van der Waals surface area contributed by atoms with Crippen LogP contribution in [0.3, 0.4) is 0 Å². The summed E-state index contributed by atoms with van der Waals surface area (Å²) in [5.41, 5.74) is 7.55. The van der Waals surface area contributed by atoms with E-state index in [2.05, 4.69) is 167 Å². The summed E-state index contributed by atoms with van der Waals surface area (Å²) in [7, 11) is 0. The largest absolute Gasteiger partial charge is 0.309 e. The molecule has 2 nitrogen and oxygen atoms in total. The van der Waals surface area contributed by atoms with Gasteiger partial charge in [-0.15, -0.1) is 0 Å². The zero-order valence-corrected chi connectivity index (χ0v) is 25.9. The highest BCUT2D eigenvalue weighted by Crippen LogP contribution is 2.49. The summed E-state index contributed by atoms with van der Waals surface area (Å²) < 4.78 is 5.09. The lowest BCUT2D eigenvalue weighted by Gasteiger charge is -2.13. The smallest absolute Gasteiger partial charge is 0.0627 e. The highest BCUT2D eigenvalue weighted by atomic mass is 15.0. The molecule has 0 saturated heterocycles. The Labute approximate surface area is 274 Å². The van der Waals surface area contributed by atoms with Crippen LogP contribution < -0.4 is 0 Å². The molecule has 0 atom stereocenters. The van der Waals surface area contributed by atoms with Crippen LogP contribution in [0.25, 0.3) is 109 Å². The van der Waals surface area contributed by atoms with Crippen molar-refractivity contribution in [1.29, 1.82) is 0 Å². The lowest BCUT2D eigenvalue weighted by atomic mass is 9.97. The third-order valence-electron chi connectivity index (χ3n) is 10.9. The molecule has 2 heteroatoms. The average Bonchev–Trinajstić information content (AvgIpc) is 3.79. The second kappa shape index (κ2) is 8.70. The van der Waals surface area contributed by atoms with Gasteiger partial charge in [0.2, 0.25) is 0 Å². The van der Waals surface area contributed by atoms with Crippen LogP contribution in [0.2, 0.25) is 0 Å². The van der Waals surface area contributed by atoms with E-state index >= 15 is 0 Å².